The molecule has 0 amide bonds. The Labute approximate surface area is 167 Å². The van der Waals surface area contributed by atoms with E-state index in [-0.39, 0.29) is 12.2 Å². The summed E-state index contributed by atoms with van der Waals surface area (Å²) < 4.78 is 46.9. The van der Waals surface area contributed by atoms with Crippen molar-refractivity contribution >= 4 is 22.4 Å². The second-order valence-electron chi connectivity index (χ2n) is 6.55. The minimum atomic E-state index is -4.37. The van der Waals surface area contributed by atoms with Crippen LogP contribution in [-0.2, 0) is 19.8 Å². The standard InChI is InChI=1S/C20H16F3N3O2S/c1-12-24-17-4-3-14(8-18(17)25(12)2)26-6-5-15(9-19(26)27)28-10-16-7-13(11-29-16)20(21,22)23/h3-9,11H,10H2,1-2H3. The predicted octanol–water partition coefficient (Wildman–Crippen LogP) is 4.69. The minimum absolute atomic E-state index is 0.0372. The Hall–Kier alpha value is -3.07. The lowest BCUT2D eigenvalue weighted by Crippen LogP contribution is -2.16. The fourth-order valence-corrected chi connectivity index (χ4v) is 3.77. The van der Waals surface area contributed by atoms with E-state index in [1.54, 1.807) is 18.3 Å². The fraction of sp³-hybridized carbons (Fsp3) is 0.200. The molecule has 0 fully saturated rings. The number of hydrogen-bond donors (Lipinski definition) is 0. The highest BCUT2D eigenvalue weighted by Crippen LogP contribution is 2.33. The third kappa shape index (κ3) is 3.77. The van der Waals surface area contributed by atoms with Gasteiger partial charge in [-0.2, -0.15) is 13.2 Å². The first-order valence-corrected chi connectivity index (χ1v) is 9.54. The molecule has 0 saturated carbocycles. The Morgan fingerprint density at radius 3 is 2.66 bits per heavy atom. The highest BCUT2D eigenvalue weighted by molar-refractivity contribution is 7.10. The van der Waals surface area contributed by atoms with Gasteiger partial charge in [0.15, 0.2) is 0 Å². The number of rotatable bonds is 4. The SMILES string of the molecule is Cc1nc2ccc(-n3ccc(OCc4cc(C(F)(F)F)cs4)cc3=O)cc2n1C. The molecular weight excluding hydrogens is 403 g/mol. The smallest absolute Gasteiger partial charge is 0.417 e. The number of hydrogen-bond acceptors (Lipinski definition) is 4. The topological polar surface area (TPSA) is 49.1 Å². The van der Waals surface area contributed by atoms with Gasteiger partial charge in [0.1, 0.15) is 18.2 Å². The van der Waals surface area contributed by atoms with Crippen molar-refractivity contribution in [3.8, 4) is 11.4 Å². The van der Waals surface area contributed by atoms with Gasteiger partial charge < -0.3 is 9.30 Å². The molecule has 3 heterocycles. The van der Waals surface area contributed by atoms with E-state index < -0.39 is 11.7 Å². The monoisotopic (exact) mass is 419 g/mol. The van der Waals surface area contributed by atoms with E-state index in [2.05, 4.69) is 4.98 Å². The summed E-state index contributed by atoms with van der Waals surface area (Å²) in [5.41, 5.74) is 1.44. The molecule has 0 bridgehead atoms. The molecule has 1 aromatic carbocycles. The van der Waals surface area contributed by atoms with E-state index in [1.165, 1.54) is 10.6 Å². The van der Waals surface area contributed by atoms with Gasteiger partial charge in [0.25, 0.3) is 5.56 Å². The highest BCUT2D eigenvalue weighted by Gasteiger charge is 2.31. The van der Waals surface area contributed by atoms with Crippen LogP contribution in [0.4, 0.5) is 13.2 Å². The first-order valence-electron chi connectivity index (χ1n) is 8.66. The van der Waals surface area contributed by atoms with Crippen molar-refractivity contribution < 1.29 is 17.9 Å². The fourth-order valence-electron chi connectivity index (χ4n) is 2.97. The maximum absolute atomic E-state index is 12.7. The number of halogens is 3. The van der Waals surface area contributed by atoms with Crippen LogP contribution in [0.25, 0.3) is 16.7 Å². The molecular formula is C20H16F3N3O2S. The minimum Gasteiger partial charge on any atom is -0.488 e. The molecule has 0 aliphatic heterocycles. The van der Waals surface area contributed by atoms with Crippen molar-refractivity contribution in [1.82, 2.24) is 14.1 Å². The van der Waals surface area contributed by atoms with E-state index in [0.717, 1.165) is 39.6 Å². The van der Waals surface area contributed by atoms with Crippen LogP contribution in [0.2, 0.25) is 0 Å². The lowest BCUT2D eigenvalue weighted by Gasteiger charge is -2.09. The van der Waals surface area contributed by atoms with Crippen LogP contribution in [0.1, 0.15) is 16.3 Å². The van der Waals surface area contributed by atoms with Gasteiger partial charge in [-0.3, -0.25) is 9.36 Å². The number of fused-ring (bicyclic) bond motifs is 1. The van der Waals surface area contributed by atoms with Crippen LogP contribution in [0, 0.1) is 6.92 Å². The average molecular weight is 419 g/mol. The van der Waals surface area contributed by atoms with Crippen molar-refractivity contribution in [1.29, 1.82) is 0 Å². The Kier molecular flexibility index (Phi) is 4.70. The van der Waals surface area contributed by atoms with E-state index in [1.807, 2.05) is 30.7 Å². The summed E-state index contributed by atoms with van der Waals surface area (Å²) in [4.78, 5) is 17.4. The van der Waals surface area contributed by atoms with E-state index in [0.29, 0.717) is 16.3 Å². The van der Waals surface area contributed by atoms with Crippen LogP contribution in [0.15, 0.2) is 52.8 Å². The third-order valence-electron chi connectivity index (χ3n) is 4.62. The molecule has 0 aliphatic rings. The largest absolute Gasteiger partial charge is 0.488 e. The molecule has 0 saturated heterocycles. The molecule has 5 nitrogen and oxygen atoms in total. The Morgan fingerprint density at radius 2 is 1.97 bits per heavy atom. The average Bonchev–Trinajstić information content (AvgIpc) is 3.25. The second kappa shape index (κ2) is 7.07. The third-order valence-corrected chi connectivity index (χ3v) is 5.53. The lowest BCUT2D eigenvalue weighted by atomic mass is 10.2. The number of alkyl halides is 3. The molecule has 9 heteroatoms. The quantitative estimate of drug-likeness (QED) is 0.482. The summed E-state index contributed by atoms with van der Waals surface area (Å²) in [6, 6.07) is 9.51. The number of pyridine rings is 1. The summed E-state index contributed by atoms with van der Waals surface area (Å²) in [7, 11) is 1.91. The summed E-state index contributed by atoms with van der Waals surface area (Å²) in [6.07, 6.45) is -2.79. The Bertz CT molecular complexity index is 1250. The number of aryl methyl sites for hydroxylation is 2. The maximum Gasteiger partial charge on any atom is 0.417 e. The second-order valence-corrected chi connectivity index (χ2v) is 7.55. The first-order chi connectivity index (χ1) is 13.7. The zero-order valence-electron chi connectivity index (χ0n) is 15.5. The zero-order valence-corrected chi connectivity index (χ0v) is 16.3. The van der Waals surface area contributed by atoms with Gasteiger partial charge in [0, 0.05) is 29.6 Å². The molecule has 0 unspecified atom stereocenters. The molecule has 29 heavy (non-hydrogen) atoms. The Morgan fingerprint density at radius 1 is 1.17 bits per heavy atom. The molecule has 0 aliphatic carbocycles. The summed E-state index contributed by atoms with van der Waals surface area (Å²) >= 11 is 0.968. The van der Waals surface area contributed by atoms with Crippen molar-refractivity contribution in [2.45, 2.75) is 19.7 Å². The molecule has 4 rings (SSSR count). The molecule has 0 spiro atoms. The summed E-state index contributed by atoms with van der Waals surface area (Å²) in [5.74, 6) is 1.17. The van der Waals surface area contributed by atoms with Crippen LogP contribution >= 0.6 is 11.3 Å². The molecule has 4 aromatic rings. The molecule has 0 radical (unpaired) electrons. The van der Waals surface area contributed by atoms with Gasteiger partial charge in [0.05, 0.1) is 22.3 Å². The number of imidazole rings is 1. The number of nitrogens with zero attached hydrogens (tertiary/aromatic N) is 3. The van der Waals surface area contributed by atoms with Crippen molar-refractivity contribution in [2.75, 3.05) is 0 Å². The van der Waals surface area contributed by atoms with Crippen molar-refractivity contribution in [3.63, 3.8) is 0 Å². The molecule has 3 aromatic heterocycles. The van der Waals surface area contributed by atoms with E-state index >= 15 is 0 Å². The van der Waals surface area contributed by atoms with E-state index in [9.17, 15) is 18.0 Å². The molecule has 150 valence electrons. The number of benzene rings is 1. The van der Waals surface area contributed by atoms with Gasteiger partial charge in [-0.1, -0.05) is 0 Å². The number of ether oxygens (including phenoxy) is 1. The maximum atomic E-state index is 12.7. The lowest BCUT2D eigenvalue weighted by molar-refractivity contribution is -0.137. The predicted molar refractivity (Wildman–Crippen MR) is 105 cm³/mol. The molecule has 0 N–H and O–H groups in total. The van der Waals surface area contributed by atoms with Crippen molar-refractivity contribution in [3.05, 3.63) is 74.6 Å². The zero-order chi connectivity index (χ0) is 20.8. The van der Waals surface area contributed by atoms with Crippen molar-refractivity contribution in [2.24, 2.45) is 7.05 Å². The van der Waals surface area contributed by atoms with Gasteiger partial charge in [0.2, 0.25) is 0 Å². The summed E-state index contributed by atoms with van der Waals surface area (Å²) in [6.45, 7) is 1.87. The van der Waals surface area contributed by atoms with Crippen LogP contribution < -0.4 is 10.3 Å². The highest BCUT2D eigenvalue weighted by atomic mass is 32.1. The Balaban J connectivity index is 1.54. The van der Waals surface area contributed by atoms with Gasteiger partial charge in [-0.15, -0.1) is 11.3 Å². The van der Waals surface area contributed by atoms with E-state index in [4.69, 9.17) is 4.74 Å². The van der Waals surface area contributed by atoms with Gasteiger partial charge in [-0.25, -0.2) is 4.98 Å². The van der Waals surface area contributed by atoms with Crippen LogP contribution in [0.5, 0.6) is 5.75 Å². The van der Waals surface area contributed by atoms with Gasteiger partial charge in [-0.05, 0) is 37.3 Å². The first kappa shape index (κ1) is 19.3. The van der Waals surface area contributed by atoms with Gasteiger partial charge >= 0.3 is 6.18 Å². The summed E-state index contributed by atoms with van der Waals surface area (Å²) in [5, 5.41) is 1.05. The molecule has 0 atom stereocenters. The van der Waals surface area contributed by atoms with Crippen LogP contribution in [0.3, 0.4) is 0 Å². The number of thiophene rings is 1. The normalized spacial score (nSPS) is 11.9. The number of aromatic nitrogens is 3. The van der Waals surface area contributed by atoms with Crippen LogP contribution in [-0.4, -0.2) is 14.1 Å².